The molecule has 6 heteroatoms. The van der Waals surface area contributed by atoms with Crippen LogP contribution < -0.4 is 11.1 Å². The fourth-order valence-electron chi connectivity index (χ4n) is 4.40. The van der Waals surface area contributed by atoms with Gasteiger partial charge in [-0.25, -0.2) is 0 Å². The van der Waals surface area contributed by atoms with E-state index in [1.807, 2.05) is 25.6 Å². The summed E-state index contributed by atoms with van der Waals surface area (Å²) in [6, 6.07) is 0.320. The van der Waals surface area contributed by atoms with Gasteiger partial charge in [0.05, 0.1) is 5.69 Å². The molecule has 0 aromatic carbocycles. The molecule has 1 aromatic rings. The van der Waals surface area contributed by atoms with E-state index in [4.69, 9.17) is 5.73 Å². The molecule has 1 amide bonds. The second kappa shape index (κ2) is 7.22. The lowest BCUT2D eigenvalue weighted by Gasteiger charge is -2.43. The molecule has 23 heavy (non-hydrogen) atoms. The summed E-state index contributed by atoms with van der Waals surface area (Å²) >= 11 is 0. The van der Waals surface area contributed by atoms with Gasteiger partial charge in [-0.1, -0.05) is 6.42 Å². The van der Waals surface area contributed by atoms with Gasteiger partial charge in [0.25, 0.3) is 0 Å². The third-order valence-electron chi connectivity index (χ3n) is 5.88. The number of amides is 1. The minimum absolute atomic E-state index is 0. The number of nitrogens with one attached hydrogen (secondary N) is 1. The number of nitrogens with two attached hydrogens (primary N) is 1. The monoisotopic (exact) mass is 340 g/mol. The lowest BCUT2D eigenvalue weighted by atomic mass is 9.65. The summed E-state index contributed by atoms with van der Waals surface area (Å²) in [7, 11) is 1.94. The smallest absolute Gasteiger partial charge is 0.223 e. The number of hydrogen-bond acceptors (Lipinski definition) is 3. The topological polar surface area (TPSA) is 72.9 Å². The number of rotatable bonds is 3. The van der Waals surface area contributed by atoms with E-state index < -0.39 is 0 Å². The van der Waals surface area contributed by atoms with Crippen LogP contribution >= 0.6 is 12.4 Å². The SMILES string of the molecule is Cc1nn(C)c(C)c1CNC(=O)C1CC2CCCC(C1)C2N.Cl. The number of carbonyl (C=O) groups is 1. The number of aryl methyl sites for hydroxylation is 2. The largest absolute Gasteiger partial charge is 0.352 e. The zero-order chi connectivity index (χ0) is 15.9. The van der Waals surface area contributed by atoms with Gasteiger partial charge < -0.3 is 11.1 Å². The van der Waals surface area contributed by atoms with E-state index in [9.17, 15) is 4.79 Å². The predicted octanol–water partition coefficient (Wildman–Crippen LogP) is 2.23. The van der Waals surface area contributed by atoms with E-state index >= 15 is 0 Å². The van der Waals surface area contributed by atoms with Crippen LogP contribution in [0.25, 0.3) is 0 Å². The molecule has 2 fully saturated rings. The van der Waals surface area contributed by atoms with Crippen molar-refractivity contribution in [1.82, 2.24) is 15.1 Å². The standard InChI is InChI=1S/C17H28N4O.ClH/c1-10-15(11(2)21(3)20-10)9-19-17(22)14-7-12-5-4-6-13(8-14)16(12)18;/h12-14,16H,4-9,18H2,1-3H3,(H,19,22);1H. The molecule has 2 aliphatic carbocycles. The highest BCUT2D eigenvalue weighted by atomic mass is 35.5. The van der Waals surface area contributed by atoms with Gasteiger partial charge in [0.2, 0.25) is 5.91 Å². The number of nitrogens with zero attached hydrogens (tertiary/aromatic N) is 2. The van der Waals surface area contributed by atoms with Crippen LogP contribution in [0, 0.1) is 31.6 Å². The van der Waals surface area contributed by atoms with Crippen LogP contribution in [0.3, 0.4) is 0 Å². The van der Waals surface area contributed by atoms with Crippen molar-refractivity contribution in [2.45, 2.75) is 58.5 Å². The first-order valence-electron chi connectivity index (χ1n) is 8.49. The fourth-order valence-corrected chi connectivity index (χ4v) is 4.40. The zero-order valence-electron chi connectivity index (χ0n) is 14.3. The first-order chi connectivity index (χ1) is 10.5. The molecule has 1 heterocycles. The minimum atomic E-state index is 0. The van der Waals surface area contributed by atoms with E-state index in [-0.39, 0.29) is 24.2 Å². The second-order valence-corrected chi connectivity index (χ2v) is 7.19. The van der Waals surface area contributed by atoms with Crippen LogP contribution in [-0.4, -0.2) is 21.7 Å². The number of carbonyl (C=O) groups excluding carboxylic acids is 1. The molecule has 0 spiro atoms. The maximum Gasteiger partial charge on any atom is 0.223 e. The molecule has 0 radical (unpaired) electrons. The van der Waals surface area contributed by atoms with Crippen LogP contribution in [0.4, 0.5) is 0 Å². The summed E-state index contributed by atoms with van der Waals surface area (Å²) in [5.41, 5.74) is 9.58. The first kappa shape index (κ1) is 18.3. The summed E-state index contributed by atoms with van der Waals surface area (Å²) in [5, 5.41) is 7.54. The van der Waals surface area contributed by atoms with E-state index in [0.717, 1.165) is 29.8 Å². The van der Waals surface area contributed by atoms with Gasteiger partial charge in [-0.2, -0.15) is 5.10 Å². The Hall–Kier alpha value is -1.07. The quantitative estimate of drug-likeness (QED) is 0.886. The Morgan fingerprint density at radius 3 is 2.43 bits per heavy atom. The highest BCUT2D eigenvalue weighted by Crippen LogP contribution is 2.41. The predicted molar refractivity (Wildman–Crippen MR) is 93.3 cm³/mol. The van der Waals surface area contributed by atoms with Gasteiger partial charge in [-0.3, -0.25) is 9.48 Å². The van der Waals surface area contributed by atoms with Crippen LogP contribution in [0.15, 0.2) is 0 Å². The van der Waals surface area contributed by atoms with E-state index in [2.05, 4.69) is 10.4 Å². The van der Waals surface area contributed by atoms with Gasteiger partial charge in [0.15, 0.2) is 0 Å². The molecule has 2 saturated carbocycles. The Labute approximate surface area is 144 Å². The lowest BCUT2D eigenvalue weighted by Crippen LogP contribution is -2.49. The van der Waals surface area contributed by atoms with Crippen LogP contribution in [0.5, 0.6) is 0 Å². The van der Waals surface area contributed by atoms with Crippen molar-refractivity contribution in [3.05, 3.63) is 17.0 Å². The number of fused-ring (bicyclic) bond motifs is 2. The van der Waals surface area contributed by atoms with Crippen molar-refractivity contribution in [3.63, 3.8) is 0 Å². The van der Waals surface area contributed by atoms with Crippen molar-refractivity contribution >= 4 is 18.3 Å². The Kier molecular flexibility index (Phi) is 5.74. The van der Waals surface area contributed by atoms with E-state index in [1.165, 1.54) is 19.3 Å². The molecular formula is C17H29ClN4O. The van der Waals surface area contributed by atoms with E-state index in [0.29, 0.717) is 24.4 Å². The summed E-state index contributed by atoms with van der Waals surface area (Å²) < 4.78 is 1.88. The Morgan fingerprint density at radius 2 is 1.91 bits per heavy atom. The molecule has 1 aromatic heterocycles. The zero-order valence-corrected chi connectivity index (χ0v) is 15.2. The van der Waals surface area contributed by atoms with Gasteiger partial charge >= 0.3 is 0 Å². The molecule has 2 unspecified atom stereocenters. The molecule has 2 aliphatic rings. The maximum atomic E-state index is 12.6. The van der Waals surface area contributed by atoms with Crippen molar-refractivity contribution < 1.29 is 4.79 Å². The number of halogens is 1. The molecule has 3 N–H and O–H groups in total. The van der Waals surface area contributed by atoms with Crippen LogP contribution in [0.2, 0.25) is 0 Å². The van der Waals surface area contributed by atoms with Crippen molar-refractivity contribution in [1.29, 1.82) is 0 Å². The maximum absolute atomic E-state index is 12.6. The summed E-state index contributed by atoms with van der Waals surface area (Å²) in [6.45, 7) is 4.63. The third-order valence-corrected chi connectivity index (χ3v) is 5.88. The van der Waals surface area contributed by atoms with E-state index in [1.54, 1.807) is 0 Å². The van der Waals surface area contributed by atoms with Crippen molar-refractivity contribution in [3.8, 4) is 0 Å². The highest BCUT2D eigenvalue weighted by molar-refractivity contribution is 5.85. The van der Waals surface area contributed by atoms with Gasteiger partial charge in [-0.15, -0.1) is 12.4 Å². The Balaban J connectivity index is 0.00000192. The molecule has 2 atom stereocenters. The summed E-state index contributed by atoms with van der Waals surface area (Å²) in [5.74, 6) is 1.44. The Bertz CT molecular complexity index is 557. The van der Waals surface area contributed by atoms with Crippen molar-refractivity contribution in [2.24, 2.45) is 30.5 Å². The normalized spacial score (nSPS) is 29.7. The average Bonchev–Trinajstić information content (AvgIpc) is 2.69. The fraction of sp³-hybridized carbons (Fsp3) is 0.765. The average molecular weight is 341 g/mol. The van der Waals surface area contributed by atoms with Crippen LogP contribution in [-0.2, 0) is 18.4 Å². The molecule has 3 rings (SSSR count). The molecule has 2 bridgehead atoms. The number of hydrogen-bond donors (Lipinski definition) is 2. The first-order valence-corrected chi connectivity index (χ1v) is 8.49. The summed E-state index contributed by atoms with van der Waals surface area (Å²) in [4.78, 5) is 12.6. The lowest BCUT2D eigenvalue weighted by molar-refractivity contribution is -0.128. The number of aromatic nitrogens is 2. The third kappa shape index (κ3) is 3.56. The second-order valence-electron chi connectivity index (χ2n) is 7.19. The van der Waals surface area contributed by atoms with Crippen molar-refractivity contribution in [2.75, 3.05) is 0 Å². The molecule has 130 valence electrons. The highest BCUT2D eigenvalue weighted by Gasteiger charge is 2.40. The molecule has 0 aliphatic heterocycles. The van der Waals surface area contributed by atoms with Gasteiger partial charge in [-0.05, 0) is 51.4 Å². The molecule has 0 saturated heterocycles. The summed E-state index contributed by atoms with van der Waals surface area (Å²) in [6.07, 6.45) is 5.61. The van der Waals surface area contributed by atoms with Crippen LogP contribution in [0.1, 0.15) is 49.1 Å². The van der Waals surface area contributed by atoms with Gasteiger partial charge in [0.1, 0.15) is 0 Å². The van der Waals surface area contributed by atoms with Gasteiger partial charge in [0, 0.05) is 36.8 Å². The molecular weight excluding hydrogens is 312 g/mol. The minimum Gasteiger partial charge on any atom is -0.352 e. The molecule has 5 nitrogen and oxygen atoms in total. The Morgan fingerprint density at radius 1 is 1.30 bits per heavy atom.